The molecule has 8 aliphatic rings. The van der Waals surface area contributed by atoms with E-state index in [2.05, 4.69) is 37.3 Å². The average Bonchev–Trinajstić information content (AvgIpc) is 3.68. The van der Waals surface area contributed by atoms with Gasteiger partial charge in [-0.05, 0) is 142 Å². The largest absolute Gasteiger partial charge is 0.545 e. The van der Waals surface area contributed by atoms with Crippen molar-refractivity contribution in [3.8, 4) is 17.2 Å². The van der Waals surface area contributed by atoms with Gasteiger partial charge >= 0.3 is 17.9 Å². The van der Waals surface area contributed by atoms with Gasteiger partial charge in [-0.3, -0.25) is 0 Å². The number of phenols is 1. The van der Waals surface area contributed by atoms with Crippen molar-refractivity contribution in [1.82, 2.24) is 4.58 Å². The molecule has 73 heavy (non-hydrogen) atoms. The van der Waals surface area contributed by atoms with E-state index in [0.29, 0.717) is 16.9 Å². The molecule has 0 aromatic heterocycles. The first-order chi connectivity index (χ1) is 35.4. The number of carboxylic acid groups (broad SMARTS) is 3. The lowest BCUT2D eigenvalue weighted by Crippen LogP contribution is -2.41. The van der Waals surface area contributed by atoms with Gasteiger partial charge in [-0.1, -0.05) is 24.3 Å². The number of benzene rings is 5. The van der Waals surface area contributed by atoms with Gasteiger partial charge < -0.3 is 49.6 Å². The second-order valence-electron chi connectivity index (χ2n) is 19.9. The van der Waals surface area contributed by atoms with Crippen molar-refractivity contribution >= 4 is 40.8 Å². The molecule has 8 heterocycles. The summed E-state index contributed by atoms with van der Waals surface area (Å²) in [5, 5.41) is 52.1. The van der Waals surface area contributed by atoms with Crippen molar-refractivity contribution in [1.29, 1.82) is 0 Å². The summed E-state index contributed by atoms with van der Waals surface area (Å²) >= 11 is 0. The highest BCUT2D eigenvalue weighted by Crippen LogP contribution is 2.49. The molecule has 0 spiro atoms. The van der Waals surface area contributed by atoms with Gasteiger partial charge in [-0.15, -0.1) is 0 Å². The van der Waals surface area contributed by atoms with Crippen LogP contribution in [0.4, 0.5) is 11.4 Å². The average molecular weight is 992 g/mol. The lowest BCUT2D eigenvalue weighted by atomic mass is 9.83. The molecule has 16 nitrogen and oxygen atoms in total. The van der Waals surface area contributed by atoms with Crippen molar-refractivity contribution in [2.75, 3.05) is 49.1 Å². The highest BCUT2D eigenvalue weighted by Gasteiger charge is 2.36. The number of aliphatic hydroxyl groups excluding tert-OH is 1. The molecule has 8 aliphatic heterocycles. The molecule has 16 heteroatoms. The van der Waals surface area contributed by atoms with Crippen LogP contribution in [0.25, 0.3) is 5.57 Å². The van der Waals surface area contributed by atoms with Crippen LogP contribution in [0.5, 0.6) is 17.2 Å². The minimum absolute atomic E-state index is 0.00481. The number of fused-ring (bicyclic) bond motifs is 5. The summed E-state index contributed by atoms with van der Waals surface area (Å²) in [5.74, 6) is -2.15. The number of hydrogen-bond donors (Lipinski definition) is 4. The third-order valence-corrected chi connectivity index (χ3v) is 15.6. The highest BCUT2D eigenvalue weighted by molar-refractivity contribution is 6.01. The van der Waals surface area contributed by atoms with Crippen LogP contribution in [0.2, 0.25) is 0 Å². The molecular formula is C57H57N3O13. The van der Waals surface area contributed by atoms with Crippen LogP contribution < -0.4 is 34.8 Å². The van der Waals surface area contributed by atoms with Crippen LogP contribution in [0.1, 0.15) is 156 Å². The summed E-state index contributed by atoms with van der Waals surface area (Å²) in [5.41, 5.74) is 12.9. The molecular weight excluding hydrogens is 935 g/mol. The Labute approximate surface area is 420 Å². The summed E-state index contributed by atoms with van der Waals surface area (Å²) in [6.45, 7) is 6.54. The number of aromatic hydroxyl groups is 1. The summed E-state index contributed by atoms with van der Waals surface area (Å²) in [6.07, 6.45) is 15.1. The van der Waals surface area contributed by atoms with Crippen LogP contribution in [0.3, 0.4) is 0 Å². The normalized spacial score (nSPS) is 18.4. The predicted octanol–water partition coefficient (Wildman–Crippen LogP) is 6.06. The molecule has 13 rings (SSSR count). The van der Waals surface area contributed by atoms with Gasteiger partial charge in [0.25, 0.3) is 0 Å². The molecule has 4 N–H and O–H groups in total. The maximum absolute atomic E-state index is 12.7. The Bertz CT molecular complexity index is 3240. The van der Waals surface area contributed by atoms with Crippen molar-refractivity contribution in [3.63, 3.8) is 0 Å². The number of anilines is 2. The fourth-order valence-electron chi connectivity index (χ4n) is 12.4. The Morgan fingerprint density at radius 1 is 0.603 bits per heavy atom. The Hall–Kier alpha value is -7.59. The number of aromatic carboxylic acids is 3. The van der Waals surface area contributed by atoms with Gasteiger partial charge in [-0.2, -0.15) is 0 Å². The number of esters is 1. The van der Waals surface area contributed by atoms with Gasteiger partial charge in [-0.25, -0.2) is 19.0 Å². The molecule has 5 aromatic rings. The third-order valence-electron chi connectivity index (χ3n) is 15.6. The van der Waals surface area contributed by atoms with Gasteiger partial charge in [0, 0.05) is 98.9 Å². The molecule has 1 unspecified atom stereocenters. The number of carbonyl (C=O) groups is 4. The van der Waals surface area contributed by atoms with Gasteiger partial charge in [0.2, 0.25) is 11.6 Å². The number of ether oxygens (including phenoxy) is 2. The third kappa shape index (κ3) is 9.06. The maximum atomic E-state index is 12.7. The second-order valence-corrected chi connectivity index (χ2v) is 19.9. The van der Waals surface area contributed by atoms with E-state index in [1.165, 1.54) is 119 Å². The van der Waals surface area contributed by atoms with Crippen molar-refractivity contribution in [2.45, 2.75) is 103 Å². The molecule has 1 atom stereocenters. The van der Waals surface area contributed by atoms with E-state index >= 15 is 0 Å². The summed E-state index contributed by atoms with van der Waals surface area (Å²) in [7, 11) is 0. The number of nitrogens with zero attached hydrogens (tertiary/aromatic N) is 3. The monoisotopic (exact) mass is 991 g/mol. The first-order valence-electron chi connectivity index (χ1n) is 25.5. The second kappa shape index (κ2) is 20.5. The van der Waals surface area contributed by atoms with Crippen LogP contribution in [0.15, 0.2) is 60.7 Å². The van der Waals surface area contributed by atoms with Crippen LogP contribution in [-0.4, -0.2) is 83.6 Å². The van der Waals surface area contributed by atoms with E-state index < -0.39 is 30.2 Å². The zero-order valence-corrected chi connectivity index (χ0v) is 40.5. The minimum Gasteiger partial charge on any atom is -0.545 e. The fourth-order valence-corrected chi connectivity index (χ4v) is 12.4. The molecule has 0 radical (unpaired) electrons. The van der Waals surface area contributed by atoms with Gasteiger partial charge in [0.15, 0.2) is 0 Å². The molecule has 0 saturated carbocycles. The van der Waals surface area contributed by atoms with Crippen LogP contribution in [-0.2, 0) is 43.3 Å². The first-order valence-corrected chi connectivity index (χ1v) is 25.5. The molecule has 0 amide bonds. The lowest BCUT2D eigenvalue weighted by molar-refractivity contribution is -0.255. The quantitative estimate of drug-likeness (QED) is 0.116. The summed E-state index contributed by atoms with van der Waals surface area (Å²) < 4.78 is 14.1. The number of rotatable bonds is 4. The number of carboxylic acids is 3. The smallest absolute Gasteiger partial charge is 0.341 e. The topological polar surface area (TPSA) is 234 Å². The van der Waals surface area contributed by atoms with E-state index in [1.807, 2.05) is 6.07 Å². The van der Waals surface area contributed by atoms with Gasteiger partial charge in [0.1, 0.15) is 30.3 Å². The number of aliphatic hydroxyl groups is 1. The number of cyclic esters (lactones) is 1. The number of hydrogen-bond acceptors (Lipinski definition) is 13. The molecule has 0 saturated heterocycles. The molecule has 0 bridgehead atoms. The number of aryl methyl sites for hydroxylation is 3. The van der Waals surface area contributed by atoms with Crippen molar-refractivity contribution in [2.24, 2.45) is 0 Å². The Kier molecular flexibility index (Phi) is 13.8. The first kappa shape index (κ1) is 49.0. The Balaban J connectivity index is 0.000000160. The fraction of sp³-hybridized carbons (Fsp3) is 0.386. The zero-order valence-electron chi connectivity index (χ0n) is 40.5. The summed E-state index contributed by atoms with van der Waals surface area (Å²) in [4.78, 5) is 65.1. The van der Waals surface area contributed by atoms with E-state index in [0.717, 1.165) is 125 Å². The van der Waals surface area contributed by atoms with Crippen molar-refractivity contribution < 1.29 is 54.2 Å². The van der Waals surface area contributed by atoms with Crippen LogP contribution >= 0.6 is 0 Å². The Morgan fingerprint density at radius 2 is 1.25 bits per heavy atom. The molecule has 5 aromatic carbocycles. The number of phenolic OH excluding ortho intramolecular Hbond substituents is 1. The Morgan fingerprint density at radius 3 is 1.97 bits per heavy atom. The van der Waals surface area contributed by atoms with Crippen LogP contribution in [0, 0.1) is 9.93 Å². The molecule has 0 aliphatic carbocycles. The zero-order chi connectivity index (χ0) is 51.1. The van der Waals surface area contributed by atoms with E-state index in [1.54, 1.807) is 6.07 Å². The standard InChI is InChI=1S/C35H34N2O5.C13H17NO.C9H6O5.O2/c38-34(39)22-11-12-23(26(19-22)35(40)41)29-27-17-20-7-1-3-13-36-15-5-9-24(30(20)36)32(27)42-33-25-10-6-16-37-14-4-2-8-21(31(25)37)18-28(29)33;15-12-7-6-10-4-1-2-8-14-9-3-5-11(12)13(10)14;10-7(11)4-1-2-5-6(3-4)9(13)14-8(5)12;1-2/h11-12,17-19H,1-10,13-16H2,(H-,38,39,40,41);6-7,15H,1-5,8-9H2;1-3,8,12H,(H,10,11);. The summed E-state index contributed by atoms with van der Waals surface area (Å²) in [6, 6.07) is 16.7. The van der Waals surface area contributed by atoms with Gasteiger partial charge in [0.05, 0.1) is 28.2 Å². The molecule has 0 fully saturated rings. The highest BCUT2D eigenvalue weighted by atomic mass is 16.7. The minimum atomic E-state index is -1.38. The lowest BCUT2D eigenvalue weighted by Gasteiger charge is -2.35. The SMILES string of the molecule is O=C(O)c1ccc2c(c1)C(=O)OC2O.O=C([O-])c1ccc(C2=c3cc4c5c(c3Oc3c2cc2c6c3CCCN6CCCC2)CCC[N+]=5CCCC4)c(C(=O)O)c1.O=O.Oc1ccc2c3c1CCCN3CCCC2. The number of carbonyl (C=O) groups excluding carboxylic acids is 2. The van der Waals surface area contributed by atoms with E-state index in [4.69, 9.17) is 19.8 Å². The van der Waals surface area contributed by atoms with Crippen molar-refractivity contribution in [3.05, 3.63) is 153 Å². The predicted molar refractivity (Wildman–Crippen MR) is 269 cm³/mol. The molecule has 378 valence electrons. The van der Waals surface area contributed by atoms with E-state index in [-0.39, 0.29) is 22.3 Å². The maximum Gasteiger partial charge on any atom is 0.341 e. The van der Waals surface area contributed by atoms with E-state index in [9.17, 15) is 39.6 Å².